The Morgan fingerprint density at radius 1 is 1.17 bits per heavy atom. The van der Waals surface area contributed by atoms with E-state index in [4.69, 9.17) is 4.74 Å². The van der Waals surface area contributed by atoms with Crippen molar-refractivity contribution in [1.82, 2.24) is 10.2 Å². The Balaban J connectivity index is 1.58. The lowest BCUT2D eigenvalue weighted by Crippen LogP contribution is -2.24. The van der Waals surface area contributed by atoms with Gasteiger partial charge in [-0.1, -0.05) is 48.8 Å². The molecule has 1 aromatic heterocycles. The standard InChI is InChI=1S/C18H21N3O2S/c1-23-15-10-7-13(8-11-15)9-12-16-20-21-18(24-16)19-17(22)14-5-3-2-4-6-14/h7-12,14H,2-6H2,1H3,(H,19,21,22)/b12-9+. The first-order valence-electron chi connectivity index (χ1n) is 8.21. The van der Waals surface area contributed by atoms with Gasteiger partial charge >= 0.3 is 0 Å². The van der Waals surface area contributed by atoms with Crippen LogP contribution >= 0.6 is 11.3 Å². The normalized spacial score (nSPS) is 15.5. The third kappa shape index (κ3) is 4.41. The molecule has 0 radical (unpaired) electrons. The van der Waals surface area contributed by atoms with Crippen LogP contribution in [0.4, 0.5) is 5.13 Å². The van der Waals surface area contributed by atoms with Crippen LogP contribution in [0.2, 0.25) is 0 Å². The summed E-state index contributed by atoms with van der Waals surface area (Å²) >= 11 is 1.39. The number of nitrogens with zero attached hydrogens (tertiary/aromatic N) is 2. The molecule has 1 heterocycles. The van der Waals surface area contributed by atoms with E-state index >= 15 is 0 Å². The van der Waals surface area contributed by atoms with Gasteiger partial charge in [0, 0.05) is 5.92 Å². The van der Waals surface area contributed by atoms with Gasteiger partial charge in [0.15, 0.2) is 0 Å². The lowest BCUT2D eigenvalue weighted by molar-refractivity contribution is -0.120. The molecule has 1 aliphatic rings. The van der Waals surface area contributed by atoms with E-state index in [1.165, 1.54) is 17.8 Å². The molecule has 0 unspecified atom stereocenters. The second-order valence-corrected chi connectivity index (χ2v) is 6.89. The van der Waals surface area contributed by atoms with E-state index in [2.05, 4.69) is 15.5 Å². The molecular formula is C18H21N3O2S. The molecule has 0 aliphatic heterocycles. The highest BCUT2D eigenvalue weighted by Gasteiger charge is 2.21. The summed E-state index contributed by atoms with van der Waals surface area (Å²) in [6, 6.07) is 7.77. The number of ether oxygens (including phenoxy) is 1. The molecule has 5 nitrogen and oxygen atoms in total. The molecule has 126 valence electrons. The van der Waals surface area contributed by atoms with E-state index in [1.807, 2.05) is 36.4 Å². The number of benzene rings is 1. The van der Waals surface area contributed by atoms with E-state index in [1.54, 1.807) is 7.11 Å². The average Bonchev–Trinajstić information content (AvgIpc) is 3.08. The minimum absolute atomic E-state index is 0.0801. The fourth-order valence-electron chi connectivity index (χ4n) is 2.81. The molecule has 1 aromatic carbocycles. The quantitative estimate of drug-likeness (QED) is 0.882. The maximum atomic E-state index is 12.2. The van der Waals surface area contributed by atoms with Gasteiger partial charge in [0.05, 0.1) is 7.11 Å². The molecule has 0 spiro atoms. The Morgan fingerprint density at radius 3 is 2.62 bits per heavy atom. The van der Waals surface area contributed by atoms with E-state index in [0.29, 0.717) is 5.13 Å². The van der Waals surface area contributed by atoms with Crippen molar-refractivity contribution in [2.45, 2.75) is 32.1 Å². The van der Waals surface area contributed by atoms with Crippen molar-refractivity contribution < 1.29 is 9.53 Å². The topological polar surface area (TPSA) is 64.1 Å². The molecule has 1 N–H and O–H groups in total. The number of aromatic nitrogens is 2. The number of methoxy groups -OCH3 is 1. The summed E-state index contributed by atoms with van der Waals surface area (Å²) < 4.78 is 5.14. The fraction of sp³-hybridized carbons (Fsp3) is 0.389. The van der Waals surface area contributed by atoms with Crippen LogP contribution in [0.5, 0.6) is 5.75 Å². The molecule has 0 saturated heterocycles. The largest absolute Gasteiger partial charge is 0.497 e. The monoisotopic (exact) mass is 343 g/mol. The molecule has 1 fully saturated rings. The number of nitrogens with one attached hydrogen (secondary N) is 1. The number of anilines is 1. The Labute approximate surface area is 145 Å². The molecule has 3 rings (SSSR count). The Morgan fingerprint density at radius 2 is 1.92 bits per heavy atom. The van der Waals surface area contributed by atoms with Gasteiger partial charge in [-0.05, 0) is 36.6 Å². The highest BCUT2D eigenvalue weighted by atomic mass is 32.1. The van der Waals surface area contributed by atoms with Crippen LogP contribution in [-0.2, 0) is 4.79 Å². The first kappa shape index (κ1) is 16.6. The number of amides is 1. The summed E-state index contributed by atoms with van der Waals surface area (Å²) in [5.74, 6) is 1.04. The number of carbonyl (C=O) groups is 1. The van der Waals surface area contributed by atoms with Crippen molar-refractivity contribution in [3.05, 3.63) is 34.8 Å². The number of carbonyl (C=O) groups excluding carboxylic acids is 1. The summed E-state index contributed by atoms with van der Waals surface area (Å²) in [6.07, 6.45) is 9.35. The van der Waals surface area contributed by atoms with Gasteiger partial charge in [-0.15, -0.1) is 10.2 Å². The molecule has 1 aliphatic carbocycles. The van der Waals surface area contributed by atoms with Gasteiger partial charge in [0.1, 0.15) is 10.8 Å². The van der Waals surface area contributed by atoms with Crippen molar-refractivity contribution >= 4 is 34.5 Å². The number of hydrogen-bond donors (Lipinski definition) is 1. The second kappa shape index (κ2) is 8.06. The molecule has 0 bridgehead atoms. The zero-order chi connectivity index (χ0) is 16.8. The highest BCUT2D eigenvalue weighted by molar-refractivity contribution is 7.16. The van der Waals surface area contributed by atoms with Crippen molar-refractivity contribution in [1.29, 1.82) is 0 Å². The Kier molecular flexibility index (Phi) is 5.59. The molecule has 0 atom stereocenters. The lowest BCUT2D eigenvalue weighted by Gasteiger charge is -2.19. The van der Waals surface area contributed by atoms with Crippen molar-refractivity contribution in [2.75, 3.05) is 12.4 Å². The first-order valence-corrected chi connectivity index (χ1v) is 9.03. The molecule has 2 aromatic rings. The molecule has 24 heavy (non-hydrogen) atoms. The van der Waals surface area contributed by atoms with Gasteiger partial charge in [0.25, 0.3) is 0 Å². The zero-order valence-electron chi connectivity index (χ0n) is 13.7. The van der Waals surface area contributed by atoms with Crippen LogP contribution in [-0.4, -0.2) is 23.2 Å². The SMILES string of the molecule is COc1ccc(/C=C/c2nnc(NC(=O)C3CCCCC3)s2)cc1. The summed E-state index contributed by atoms with van der Waals surface area (Å²) in [5, 5.41) is 12.4. The fourth-order valence-corrected chi connectivity index (χ4v) is 3.46. The average molecular weight is 343 g/mol. The summed E-state index contributed by atoms with van der Waals surface area (Å²) in [4.78, 5) is 12.2. The van der Waals surface area contributed by atoms with Gasteiger partial charge in [-0.25, -0.2) is 0 Å². The minimum atomic E-state index is 0.0801. The molecular weight excluding hydrogens is 322 g/mol. The smallest absolute Gasteiger partial charge is 0.229 e. The van der Waals surface area contributed by atoms with Gasteiger partial charge in [-0.2, -0.15) is 0 Å². The predicted molar refractivity (Wildman–Crippen MR) is 97.0 cm³/mol. The van der Waals surface area contributed by atoms with E-state index in [0.717, 1.165) is 42.0 Å². The lowest BCUT2D eigenvalue weighted by atomic mass is 9.89. The van der Waals surface area contributed by atoms with Gasteiger partial charge in [0.2, 0.25) is 11.0 Å². The maximum Gasteiger partial charge on any atom is 0.229 e. The van der Waals surface area contributed by atoms with Crippen LogP contribution in [0.25, 0.3) is 12.2 Å². The van der Waals surface area contributed by atoms with Crippen LogP contribution < -0.4 is 10.1 Å². The Bertz CT molecular complexity index is 703. The van der Waals surface area contributed by atoms with Crippen LogP contribution in [0.3, 0.4) is 0 Å². The molecule has 1 amide bonds. The maximum absolute atomic E-state index is 12.2. The first-order chi connectivity index (χ1) is 11.7. The summed E-state index contributed by atoms with van der Waals surface area (Å²) in [5.41, 5.74) is 1.05. The number of rotatable bonds is 5. The predicted octanol–water partition coefficient (Wildman–Crippen LogP) is 4.24. The highest BCUT2D eigenvalue weighted by Crippen LogP contribution is 2.26. The van der Waals surface area contributed by atoms with Crippen molar-refractivity contribution in [3.8, 4) is 5.75 Å². The summed E-state index contributed by atoms with van der Waals surface area (Å²) in [7, 11) is 1.65. The molecule has 1 saturated carbocycles. The van der Waals surface area contributed by atoms with Crippen LogP contribution in [0, 0.1) is 5.92 Å². The van der Waals surface area contributed by atoms with Crippen molar-refractivity contribution in [3.63, 3.8) is 0 Å². The van der Waals surface area contributed by atoms with E-state index < -0.39 is 0 Å². The third-order valence-corrected chi connectivity index (χ3v) is 4.98. The van der Waals surface area contributed by atoms with Gasteiger partial charge in [-0.3, -0.25) is 4.79 Å². The van der Waals surface area contributed by atoms with E-state index in [-0.39, 0.29) is 11.8 Å². The van der Waals surface area contributed by atoms with Crippen LogP contribution in [0.1, 0.15) is 42.7 Å². The van der Waals surface area contributed by atoms with E-state index in [9.17, 15) is 4.79 Å². The van der Waals surface area contributed by atoms with Crippen molar-refractivity contribution in [2.24, 2.45) is 5.92 Å². The van der Waals surface area contributed by atoms with Crippen LogP contribution in [0.15, 0.2) is 24.3 Å². The zero-order valence-corrected chi connectivity index (χ0v) is 14.5. The Hall–Kier alpha value is -2.21. The van der Waals surface area contributed by atoms with Gasteiger partial charge < -0.3 is 10.1 Å². The minimum Gasteiger partial charge on any atom is -0.497 e. The molecule has 6 heteroatoms. The summed E-state index contributed by atoms with van der Waals surface area (Å²) in [6.45, 7) is 0. The third-order valence-electron chi connectivity index (χ3n) is 4.18. The number of hydrogen-bond acceptors (Lipinski definition) is 5. The second-order valence-electron chi connectivity index (χ2n) is 5.88.